The highest BCUT2D eigenvalue weighted by Gasteiger charge is 2.24. The second-order valence-corrected chi connectivity index (χ2v) is 8.77. The molecular weight excluding hydrogens is 458 g/mol. The van der Waals surface area contributed by atoms with E-state index in [9.17, 15) is 9.59 Å². The highest BCUT2D eigenvalue weighted by Crippen LogP contribution is 2.28. The van der Waals surface area contributed by atoms with Crippen molar-refractivity contribution in [3.8, 4) is 11.6 Å². The number of nitrogens with zero attached hydrogens (tertiary/aromatic N) is 2. The van der Waals surface area contributed by atoms with Crippen LogP contribution >= 0.6 is 24.0 Å². The summed E-state index contributed by atoms with van der Waals surface area (Å²) in [7, 11) is 1.95. The van der Waals surface area contributed by atoms with E-state index < -0.39 is 0 Å². The first-order valence-corrected chi connectivity index (χ1v) is 11.4. The van der Waals surface area contributed by atoms with Gasteiger partial charge in [-0.15, -0.1) is 0 Å². The molecule has 0 radical (unpaired) electrons. The number of allylic oxidation sites excluding steroid dienone is 3. The third kappa shape index (κ3) is 6.09. The van der Waals surface area contributed by atoms with Crippen LogP contribution in [0.1, 0.15) is 12.0 Å². The second kappa shape index (κ2) is 10.5. The summed E-state index contributed by atoms with van der Waals surface area (Å²) in [5.74, 6) is 1.59. The maximum atomic E-state index is 11.7. The first-order chi connectivity index (χ1) is 16.0. The molecule has 1 saturated heterocycles. The molecule has 9 heteroatoms. The van der Waals surface area contributed by atoms with Crippen molar-refractivity contribution < 1.29 is 19.1 Å². The van der Waals surface area contributed by atoms with Crippen LogP contribution in [0.2, 0.25) is 0 Å². The molecule has 7 nitrogen and oxygen atoms in total. The highest BCUT2D eigenvalue weighted by molar-refractivity contribution is 8.18. The number of ether oxygens (including phenoxy) is 2. The molecule has 0 unspecified atom stereocenters. The standard InChI is InChI=1S/C24H21N3O4S2/c1-27(20-3-2-12-25-23(20)31-18-8-10-19(32)11-9-18)13-14-30-17-6-4-16(5-7-17)15-21-22(28)26-24(29)33-21/h2-10,12,15H,11,13-14H2,1H3,(H,26,28,29). The minimum atomic E-state index is -0.369. The highest BCUT2D eigenvalue weighted by atomic mass is 32.2. The number of nitrogens with one attached hydrogen (secondary N) is 1. The number of hydrogen-bond donors (Lipinski definition) is 1. The minimum Gasteiger partial charge on any atom is -0.492 e. The van der Waals surface area contributed by atoms with Crippen LogP contribution in [0.4, 0.5) is 10.5 Å². The lowest BCUT2D eigenvalue weighted by atomic mass is 10.2. The van der Waals surface area contributed by atoms with Crippen LogP contribution in [0, 0.1) is 0 Å². The molecule has 0 saturated carbocycles. The Bertz CT molecular complexity index is 1170. The summed E-state index contributed by atoms with van der Waals surface area (Å²) in [6.45, 7) is 1.07. The largest absolute Gasteiger partial charge is 0.492 e. The molecule has 168 valence electrons. The van der Waals surface area contributed by atoms with E-state index in [0.29, 0.717) is 36.1 Å². The molecule has 1 aromatic carbocycles. The summed E-state index contributed by atoms with van der Waals surface area (Å²) in [5.41, 5.74) is 1.67. The Balaban J connectivity index is 1.32. The van der Waals surface area contributed by atoms with E-state index in [-0.39, 0.29) is 11.1 Å². The van der Waals surface area contributed by atoms with Gasteiger partial charge in [-0.3, -0.25) is 14.9 Å². The molecule has 1 aliphatic carbocycles. The number of hydrogen-bond acceptors (Lipinski definition) is 8. The fourth-order valence-electron chi connectivity index (χ4n) is 3.10. The summed E-state index contributed by atoms with van der Waals surface area (Å²) in [4.78, 5) is 30.6. The van der Waals surface area contributed by atoms with E-state index in [4.69, 9.17) is 21.7 Å². The van der Waals surface area contributed by atoms with Crippen molar-refractivity contribution >= 4 is 51.8 Å². The average Bonchev–Trinajstić information content (AvgIpc) is 3.13. The number of rotatable bonds is 8. The minimum absolute atomic E-state index is 0.353. The van der Waals surface area contributed by atoms with Crippen molar-refractivity contribution in [2.75, 3.05) is 25.1 Å². The van der Waals surface area contributed by atoms with Gasteiger partial charge in [0, 0.05) is 24.5 Å². The molecule has 0 bridgehead atoms. The number of anilines is 1. The zero-order valence-electron chi connectivity index (χ0n) is 17.8. The molecular formula is C24H21N3O4S2. The fourth-order valence-corrected chi connectivity index (χ4v) is 3.94. The van der Waals surface area contributed by atoms with Crippen LogP contribution in [0.5, 0.6) is 11.6 Å². The van der Waals surface area contributed by atoms with Crippen molar-refractivity contribution in [1.82, 2.24) is 10.3 Å². The van der Waals surface area contributed by atoms with Crippen LogP contribution in [0.25, 0.3) is 6.08 Å². The number of pyridine rings is 1. The first kappa shape index (κ1) is 22.8. The Morgan fingerprint density at radius 2 is 2.03 bits per heavy atom. The van der Waals surface area contributed by atoms with Gasteiger partial charge in [0.1, 0.15) is 23.8 Å². The summed E-state index contributed by atoms with van der Waals surface area (Å²) in [6, 6.07) is 11.2. The van der Waals surface area contributed by atoms with Gasteiger partial charge >= 0.3 is 0 Å². The van der Waals surface area contributed by atoms with Crippen LogP contribution < -0.4 is 19.7 Å². The quantitative estimate of drug-likeness (QED) is 0.438. The second-order valence-electron chi connectivity index (χ2n) is 7.23. The van der Waals surface area contributed by atoms with Gasteiger partial charge in [0.2, 0.25) is 5.88 Å². The molecule has 2 heterocycles. The number of aromatic nitrogens is 1. The SMILES string of the molecule is CN(CCOc1ccc(C=C2SC(=O)NC2=O)cc1)c1cccnc1OC1=CCC(=S)C=C1. The lowest BCUT2D eigenvalue weighted by Crippen LogP contribution is -2.24. The molecule has 4 rings (SSSR count). The van der Waals surface area contributed by atoms with E-state index >= 15 is 0 Å². The maximum Gasteiger partial charge on any atom is 0.290 e. The molecule has 2 aliphatic rings. The smallest absolute Gasteiger partial charge is 0.290 e. The Kier molecular flexibility index (Phi) is 7.21. The number of imide groups is 1. The van der Waals surface area contributed by atoms with Crippen molar-refractivity contribution in [2.45, 2.75) is 6.42 Å². The van der Waals surface area contributed by atoms with E-state index in [2.05, 4.69) is 10.3 Å². The zero-order valence-corrected chi connectivity index (χ0v) is 19.4. The first-order valence-electron chi connectivity index (χ1n) is 10.2. The third-order valence-corrected chi connectivity index (χ3v) is 5.94. The van der Waals surface area contributed by atoms with Gasteiger partial charge in [-0.05, 0) is 65.9 Å². The monoisotopic (exact) mass is 479 g/mol. The predicted molar refractivity (Wildman–Crippen MR) is 134 cm³/mol. The van der Waals surface area contributed by atoms with Gasteiger partial charge in [0.25, 0.3) is 11.1 Å². The van der Waals surface area contributed by atoms with E-state index in [1.54, 1.807) is 12.3 Å². The van der Waals surface area contributed by atoms with Crippen LogP contribution in [0.15, 0.2) is 71.5 Å². The van der Waals surface area contributed by atoms with E-state index in [1.165, 1.54) is 0 Å². The van der Waals surface area contributed by atoms with Crippen LogP contribution in [-0.2, 0) is 4.79 Å². The summed E-state index contributed by atoms with van der Waals surface area (Å²) < 4.78 is 11.8. The molecule has 0 atom stereocenters. The van der Waals surface area contributed by atoms with Gasteiger partial charge in [-0.2, -0.15) is 0 Å². The number of carbonyl (C=O) groups is 2. The molecule has 1 N–H and O–H groups in total. The number of likely N-dealkylation sites (N-methyl/N-ethyl adjacent to an activating group) is 1. The van der Waals surface area contributed by atoms with Gasteiger partial charge in [0.15, 0.2) is 0 Å². The molecule has 1 fully saturated rings. The van der Waals surface area contributed by atoms with Crippen molar-refractivity contribution in [3.63, 3.8) is 0 Å². The van der Waals surface area contributed by atoms with Crippen LogP contribution in [0.3, 0.4) is 0 Å². The summed E-state index contributed by atoms with van der Waals surface area (Å²) in [5, 5.41) is 1.89. The number of carbonyl (C=O) groups excluding carboxylic acids is 2. The lowest BCUT2D eigenvalue weighted by Gasteiger charge is -2.22. The number of benzene rings is 1. The van der Waals surface area contributed by atoms with Crippen molar-refractivity contribution in [3.05, 3.63) is 77.1 Å². The van der Waals surface area contributed by atoms with E-state index in [0.717, 1.165) is 33.6 Å². The molecule has 2 amide bonds. The van der Waals surface area contributed by atoms with E-state index in [1.807, 2.05) is 66.6 Å². The van der Waals surface area contributed by atoms with Crippen LogP contribution in [-0.4, -0.2) is 41.2 Å². The van der Waals surface area contributed by atoms with Crippen molar-refractivity contribution in [2.24, 2.45) is 0 Å². The predicted octanol–water partition coefficient (Wildman–Crippen LogP) is 4.51. The number of thioether (sulfide) groups is 1. The fraction of sp³-hybridized carbons (Fsp3) is 0.167. The molecule has 0 spiro atoms. The van der Waals surface area contributed by atoms with Gasteiger partial charge in [-0.25, -0.2) is 4.98 Å². The lowest BCUT2D eigenvalue weighted by molar-refractivity contribution is -0.115. The van der Waals surface area contributed by atoms with Gasteiger partial charge in [0.05, 0.1) is 11.4 Å². The Morgan fingerprint density at radius 1 is 1.21 bits per heavy atom. The Morgan fingerprint density at radius 3 is 2.73 bits per heavy atom. The zero-order chi connectivity index (χ0) is 23.2. The summed E-state index contributed by atoms with van der Waals surface area (Å²) in [6.07, 6.45) is 9.72. The average molecular weight is 480 g/mol. The molecule has 1 aromatic heterocycles. The number of thiocarbonyl (C=S) groups is 1. The Hall–Kier alpha value is -3.43. The Labute approximate surface area is 201 Å². The topological polar surface area (TPSA) is 80.8 Å². The van der Waals surface area contributed by atoms with Gasteiger partial charge in [-0.1, -0.05) is 24.4 Å². The van der Waals surface area contributed by atoms with Crippen molar-refractivity contribution in [1.29, 1.82) is 0 Å². The maximum absolute atomic E-state index is 11.7. The normalized spacial score (nSPS) is 16.6. The molecule has 33 heavy (non-hydrogen) atoms. The molecule has 2 aromatic rings. The molecule has 1 aliphatic heterocycles. The third-order valence-electron chi connectivity index (χ3n) is 4.83. The van der Waals surface area contributed by atoms with Gasteiger partial charge < -0.3 is 14.4 Å². The number of amides is 2. The summed E-state index contributed by atoms with van der Waals surface area (Å²) >= 11 is 6.07.